The van der Waals surface area contributed by atoms with Crippen LogP contribution in [0.1, 0.15) is 30.5 Å². The van der Waals surface area contributed by atoms with E-state index < -0.39 is 0 Å². The van der Waals surface area contributed by atoms with E-state index in [0.717, 1.165) is 74.5 Å². The van der Waals surface area contributed by atoms with Gasteiger partial charge in [0, 0.05) is 57.8 Å². The van der Waals surface area contributed by atoms with E-state index in [4.69, 9.17) is 14.7 Å². The van der Waals surface area contributed by atoms with Crippen molar-refractivity contribution < 1.29 is 9.53 Å². The molecule has 0 radical (unpaired) electrons. The van der Waals surface area contributed by atoms with Gasteiger partial charge in [-0.1, -0.05) is 18.2 Å². The van der Waals surface area contributed by atoms with Crippen molar-refractivity contribution in [3.63, 3.8) is 0 Å². The van der Waals surface area contributed by atoms with Crippen LogP contribution in [0.4, 0.5) is 11.8 Å². The number of carbonyl (C=O) groups is 1. The Kier molecular flexibility index (Phi) is 6.62. The number of piperazine rings is 1. The van der Waals surface area contributed by atoms with Crippen LogP contribution in [-0.2, 0) is 17.8 Å². The molecule has 0 atom stereocenters. The number of rotatable bonds is 5. The highest BCUT2D eigenvalue weighted by Crippen LogP contribution is 2.30. The van der Waals surface area contributed by atoms with Crippen LogP contribution in [0.15, 0.2) is 30.3 Å². The number of hydrogen-bond acceptors (Lipinski definition) is 7. The Hall–Kier alpha value is -2.87. The van der Waals surface area contributed by atoms with Crippen molar-refractivity contribution in [3.05, 3.63) is 41.6 Å². The lowest BCUT2D eigenvalue weighted by Gasteiger charge is -2.38. The molecule has 2 saturated heterocycles. The van der Waals surface area contributed by atoms with E-state index >= 15 is 0 Å². The second-order valence-corrected chi connectivity index (χ2v) is 9.28. The molecule has 0 spiro atoms. The van der Waals surface area contributed by atoms with Gasteiger partial charge in [0.25, 0.3) is 5.91 Å². The molecular formula is C25H34N6O2. The Morgan fingerprint density at radius 1 is 0.909 bits per heavy atom. The summed E-state index contributed by atoms with van der Waals surface area (Å²) in [6.07, 6.45) is 4.45. The molecule has 0 saturated carbocycles. The number of hydrogen-bond donors (Lipinski definition) is 0. The molecule has 0 aliphatic carbocycles. The fraction of sp³-hybridized carbons (Fsp3) is 0.560. The first kappa shape index (κ1) is 21.9. The number of piperidine rings is 1. The third-order valence-electron chi connectivity index (χ3n) is 6.93. The maximum atomic E-state index is 13.0. The second-order valence-electron chi connectivity index (χ2n) is 9.28. The van der Waals surface area contributed by atoms with E-state index in [1.807, 2.05) is 35.2 Å². The highest BCUT2D eigenvalue weighted by Gasteiger charge is 2.30. The molecule has 1 aromatic carbocycles. The Balaban J connectivity index is 1.36. The lowest BCUT2D eigenvalue weighted by molar-refractivity contribution is -0.134. The monoisotopic (exact) mass is 450 g/mol. The van der Waals surface area contributed by atoms with Crippen molar-refractivity contribution in [1.82, 2.24) is 19.8 Å². The van der Waals surface area contributed by atoms with Gasteiger partial charge in [-0.3, -0.25) is 4.79 Å². The number of amides is 1. The van der Waals surface area contributed by atoms with Gasteiger partial charge in [-0.25, -0.2) is 4.98 Å². The van der Waals surface area contributed by atoms with Crippen LogP contribution in [0, 0.1) is 0 Å². The number of para-hydroxylation sites is 1. The summed E-state index contributed by atoms with van der Waals surface area (Å²) in [7, 11) is 2.17. The number of benzene rings is 1. The Morgan fingerprint density at radius 2 is 1.67 bits per heavy atom. The Labute approximate surface area is 196 Å². The lowest BCUT2D eigenvalue weighted by Crippen LogP contribution is -2.46. The zero-order valence-corrected chi connectivity index (χ0v) is 19.6. The summed E-state index contributed by atoms with van der Waals surface area (Å²) < 4.78 is 5.72. The molecule has 2 aromatic rings. The molecule has 8 heteroatoms. The first-order valence-electron chi connectivity index (χ1n) is 12.2. The Morgan fingerprint density at radius 3 is 2.42 bits per heavy atom. The number of nitrogens with zero attached hydrogens (tertiary/aromatic N) is 6. The van der Waals surface area contributed by atoms with Crippen molar-refractivity contribution in [2.75, 3.05) is 69.3 Å². The number of aromatic nitrogens is 2. The molecule has 1 amide bonds. The van der Waals surface area contributed by atoms with Crippen molar-refractivity contribution in [2.24, 2.45) is 0 Å². The third-order valence-corrected chi connectivity index (χ3v) is 6.93. The normalized spacial score (nSPS) is 19.4. The molecule has 1 aromatic heterocycles. The highest BCUT2D eigenvalue weighted by molar-refractivity contribution is 5.78. The third kappa shape index (κ3) is 5.05. The standard InChI is InChI=1S/C25H34N6O2/c1-28-14-16-29(17-15-28)24-21-18-31(23(32)19-33-20-8-4-2-5-9-20)13-10-22(21)26-25(27-24)30-11-6-3-7-12-30/h2,4-5,8-9H,3,6-7,10-19H2,1H3. The van der Waals surface area contributed by atoms with Crippen LogP contribution in [0.25, 0.3) is 0 Å². The summed E-state index contributed by atoms with van der Waals surface area (Å²) in [6.45, 7) is 7.27. The zero-order valence-electron chi connectivity index (χ0n) is 19.6. The molecule has 0 unspecified atom stereocenters. The maximum absolute atomic E-state index is 13.0. The topological polar surface area (TPSA) is 65.0 Å². The molecule has 0 bridgehead atoms. The van der Waals surface area contributed by atoms with E-state index in [1.54, 1.807) is 0 Å². The number of anilines is 2. The van der Waals surface area contributed by atoms with E-state index in [0.29, 0.717) is 13.1 Å². The van der Waals surface area contributed by atoms with Crippen molar-refractivity contribution >= 4 is 17.7 Å². The van der Waals surface area contributed by atoms with Gasteiger partial charge in [-0.05, 0) is 38.4 Å². The van der Waals surface area contributed by atoms with Crippen LogP contribution in [0.3, 0.4) is 0 Å². The molecule has 3 aliphatic rings. The smallest absolute Gasteiger partial charge is 0.260 e. The average molecular weight is 451 g/mol. The predicted octanol–water partition coefficient (Wildman–Crippen LogP) is 2.18. The maximum Gasteiger partial charge on any atom is 0.260 e. The summed E-state index contributed by atoms with van der Waals surface area (Å²) in [5.74, 6) is 2.62. The molecule has 5 rings (SSSR count). The van der Waals surface area contributed by atoms with Crippen LogP contribution in [0.2, 0.25) is 0 Å². The molecule has 0 N–H and O–H groups in total. The summed E-state index contributed by atoms with van der Waals surface area (Å²) in [4.78, 5) is 32.0. The van der Waals surface area contributed by atoms with Gasteiger partial charge in [-0.15, -0.1) is 0 Å². The quantitative estimate of drug-likeness (QED) is 0.692. The second kappa shape index (κ2) is 9.95. The molecule has 8 nitrogen and oxygen atoms in total. The largest absolute Gasteiger partial charge is 0.484 e. The van der Waals surface area contributed by atoms with Crippen LogP contribution >= 0.6 is 0 Å². The molecular weight excluding hydrogens is 416 g/mol. The number of likely N-dealkylation sites (N-methyl/N-ethyl adjacent to an activating group) is 1. The highest BCUT2D eigenvalue weighted by atomic mass is 16.5. The van der Waals surface area contributed by atoms with Crippen molar-refractivity contribution in [2.45, 2.75) is 32.2 Å². The van der Waals surface area contributed by atoms with Gasteiger partial charge in [0.2, 0.25) is 5.95 Å². The molecule has 2 fully saturated rings. The minimum Gasteiger partial charge on any atom is -0.484 e. The van der Waals surface area contributed by atoms with Gasteiger partial charge in [-0.2, -0.15) is 4.98 Å². The van der Waals surface area contributed by atoms with Crippen molar-refractivity contribution in [3.8, 4) is 5.75 Å². The van der Waals surface area contributed by atoms with Gasteiger partial charge >= 0.3 is 0 Å². The van der Waals surface area contributed by atoms with Gasteiger partial charge in [0.05, 0.1) is 12.2 Å². The van der Waals surface area contributed by atoms with E-state index in [2.05, 4.69) is 21.7 Å². The molecule has 33 heavy (non-hydrogen) atoms. The summed E-state index contributed by atoms with van der Waals surface area (Å²) in [5.41, 5.74) is 2.21. The summed E-state index contributed by atoms with van der Waals surface area (Å²) >= 11 is 0. The van der Waals surface area contributed by atoms with Gasteiger partial charge in [0.15, 0.2) is 6.61 Å². The fourth-order valence-electron chi connectivity index (χ4n) is 4.87. The van der Waals surface area contributed by atoms with Crippen molar-refractivity contribution in [1.29, 1.82) is 0 Å². The van der Waals surface area contributed by atoms with Crippen LogP contribution < -0.4 is 14.5 Å². The van der Waals surface area contributed by atoms with Gasteiger partial charge < -0.3 is 24.3 Å². The van der Waals surface area contributed by atoms with Crippen LogP contribution in [0.5, 0.6) is 5.75 Å². The SMILES string of the molecule is CN1CCN(c2nc(N3CCCCC3)nc3c2CN(C(=O)COc2ccccc2)CC3)CC1. The van der Waals surface area contributed by atoms with Crippen LogP contribution in [-0.4, -0.2) is 85.1 Å². The fourth-order valence-corrected chi connectivity index (χ4v) is 4.87. The molecule has 176 valence electrons. The first-order valence-corrected chi connectivity index (χ1v) is 12.2. The first-order chi connectivity index (χ1) is 16.2. The minimum absolute atomic E-state index is 0.00828. The Bertz CT molecular complexity index is 955. The van der Waals surface area contributed by atoms with E-state index in [9.17, 15) is 4.79 Å². The number of ether oxygens (including phenoxy) is 1. The minimum atomic E-state index is 0.00828. The number of carbonyl (C=O) groups excluding carboxylic acids is 1. The summed E-state index contributed by atoms with van der Waals surface area (Å²) in [6, 6.07) is 9.52. The molecule has 3 aliphatic heterocycles. The summed E-state index contributed by atoms with van der Waals surface area (Å²) in [5, 5.41) is 0. The zero-order chi connectivity index (χ0) is 22.6. The van der Waals surface area contributed by atoms with Gasteiger partial charge in [0.1, 0.15) is 11.6 Å². The number of fused-ring (bicyclic) bond motifs is 1. The van der Waals surface area contributed by atoms with E-state index in [-0.39, 0.29) is 12.5 Å². The average Bonchev–Trinajstić information content (AvgIpc) is 2.88. The molecule has 4 heterocycles. The lowest BCUT2D eigenvalue weighted by atomic mass is 10.0. The van der Waals surface area contributed by atoms with E-state index in [1.165, 1.54) is 19.3 Å². The predicted molar refractivity (Wildman–Crippen MR) is 129 cm³/mol.